The molecular weight excluding hydrogens is 314 g/mol. The number of hydrogen-bond donors (Lipinski definition) is 1. The van der Waals surface area contributed by atoms with Crippen LogP contribution in [0.4, 0.5) is 0 Å². The second-order valence-electron chi connectivity index (χ2n) is 4.16. The Morgan fingerprint density at radius 3 is 2.58 bits per heavy atom. The highest BCUT2D eigenvalue weighted by molar-refractivity contribution is 9.10. The molecule has 1 aromatic carbocycles. The van der Waals surface area contributed by atoms with Gasteiger partial charge in [-0.3, -0.25) is 14.2 Å². The Hall–Kier alpha value is -1.95. The number of halogens is 1. The van der Waals surface area contributed by atoms with E-state index in [-0.39, 0.29) is 23.5 Å². The number of rotatable bonds is 3. The summed E-state index contributed by atoms with van der Waals surface area (Å²) < 4.78 is 1.80. The van der Waals surface area contributed by atoms with Crippen LogP contribution in [-0.2, 0) is 11.3 Å². The van der Waals surface area contributed by atoms with Gasteiger partial charge in [-0.1, -0.05) is 0 Å². The van der Waals surface area contributed by atoms with E-state index in [1.807, 2.05) is 0 Å². The number of pyridine rings is 1. The number of ketones is 1. The van der Waals surface area contributed by atoms with Crippen LogP contribution < -0.4 is 5.56 Å². The lowest BCUT2D eigenvalue weighted by Crippen LogP contribution is -2.23. The molecule has 0 fully saturated rings. The molecule has 0 atom stereocenters. The van der Waals surface area contributed by atoms with Crippen LogP contribution in [0.25, 0.3) is 10.9 Å². The van der Waals surface area contributed by atoms with E-state index in [1.165, 1.54) is 29.7 Å². The van der Waals surface area contributed by atoms with Gasteiger partial charge in [-0.2, -0.15) is 0 Å². The molecule has 0 amide bonds. The first kappa shape index (κ1) is 13.5. The average molecular weight is 324 g/mol. The maximum absolute atomic E-state index is 11.8. The van der Waals surface area contributed by atoms with Gasteiger partial charge in [0.2, 0.25) is 0 Å². The minimum Gasteiger partial charge on any atom is -0.478 e. The molecule has 0 spiro atoms. The smallest absolute Gasteiger partial charge is 0.335 e. The molecular formula is C13H10BrNO4. The number of aromatic nitrogens is 1. The molecule has 1 aromatic heterocycles. The molecule has 0 aliphatic rings. The SMILES string of the molecule is CC(=O)Cn1c(=O)ccc2cc(C(=O)O)cc(Br)c21. The van der Waals surface area contributed by atoms with Crippen LogP contribution in [0, 0.1) is 0 Å². The lowest BCUT2D eigenvalue weighted by atomic mass is 10.1. The van der Waals surface area contributed by atoms with Gasteiger partial charge in [-0.25, -0.2) is 4.79 Å². The number of Topliss-reactive ketones (excluding diaryl/α,β-unsaturated/α-hetero) is 1. The fourth-order valence-corrected chi connectivity index (χ4v) is 2.59. The number of carbonyl (C=O) groups excluding carboxylic acids is 1. The standard InChI is InChI=1S/C13H10BrNO4/c1-7(16)6-15-11(17)3-2-8-4-9(13(18)19)5-10(14)12(8)15/h2-5H,6H2,1H3,(H,18,19). The third-order valence-corrected chi connectivity index (χ3v) is 3.27. The van der Waals surface area contributed by atoms with Gasteiger partial charge in [0.05, 0.1) is 17.6 Å². The molecule has 2 aromatic rings. The maximum Gasteiger partial charge on any atom is 0.335 e. The minimum atomic E-state index is -1.05. The van der Waals surface area contributed by atoms with E-state index in [0.717, 1.165) is 0 Å². The number of benzene rings is 1. The number of carbonyl (C=O) groups is 2. The van der Waals surface area contributed by atoms with Gasteiger partial charge in [0.15, 0.2) is 0 Å². The second-order valence-corrected chi connectivity index (χ2v) is 5.02. The Kier molecular flexibility index (Phi) is 3.53. The predicted molar refractivity (Wildman–Crippen MR) is 73.5 cm³/mol. The number of carboxylic acids is 1. The number of hydrogen-bond acceptors (Lipinski definition) is 3. The van der Waals surface area contributed by atoms with Crippen molar-refractivity contribution >= 4 is 38.6 Å². The van der Waals surface area contributed by atoms with Crippen molar-refractivity contribution in [3.63, 3.8) is 0 Å². The quantitative estimate of drug-likeness (QED) is 0.937. The molecule has 0 aliphatic heterocycles. The summed E-state index contributed by atoms with van der Waals surface area (Å²) in [7, 11) is 0. The zero-order chi connectivity index (χ0) is 14.2. The second kappa shape index (κ2) is 4.97. The van der Waals surface area contributed by atoms with Crippen molar-refractivity contribution in [1.82, 2.24) is 4.57 Å². The van der Waals surface area contributed by atoms with Gasteiger partial charge in [-0.05, 0) is 41.1 Å². The van der Waals surface area contributed by atoms with Crippen LogP contribution in [0.1, 0.15) is 17.3 Å². The summed E-state index contributed by atoms with van der Waals surface area (Å²) in [6.07, 6.45) is 0. The van der Waals surface area contributed by atoms with E-state index in [2.05, 4.69) is 15.9 Å². The third kappa shape index (κ3) is 2.58. The zero-order valence-corrected chi connectivity index (χ0v) is 11.6. The molecule has 5 nitrogen and oxygen atoms in total. The van der Waals surface area contributed by atoms with Crippen molar-refractivity contribution in [2.75, 3.05) is 0 Å². The summed E-state index contributed by atoms with van der Waals surface area (Å²) in [5, 5.41) is 9.58. The molecule has 0 saturated carbocycles. The summed E-state index contributed by atoms with van der Waals surface area (Å²) in [4.78, 5) is 34.0. The van der Waals surface area contributed by atoms with Gasteiger partial charge in [-0.15, -0.1) is 0 Å². The monoisotopic (exact) mass is 323 g/mol. The van der Waals surface area contributed by atoms with E-state index in [4.69, 9.17) is 5.11 Å². The fraction of sp³-hybridized carbons (Fsp3) is 0.154. The van der Waals surface area contributed by atoms with E-state index in [1.54, 1.807) is 6.07 Å². The number of carboxylic acid groups (broad SMARTS) is 1. The van der Waals surface area contributed by atoms with Crippen LogP contribution in [0.5, 0.6) is 0 Å². The molecule has 0 aliphatic carbocycles. The maximum atomic E-state index is 11.8. The Balaban J connectivity index is 2.82. The first-order valence-corrected chi connectivity index (χ1v) is 6.25. The van der Waals surface area contributed by atoms with Gasteiger partial charge in [0, 0.05) is 15.9 Å². The van der Waals surface area contributed by atoms with Crippen molar-refractivity contribution < 1.29 is 14.7 Å². The third-order valence-electron chi connectivity index (χ3n) is 2.66. The van der Waals surface area contributed by atoms with E-state index in [9.17, 15) is 14.4 Å². The molecule has 0 saturated heterocycles. The molecule has 1 heterocycles. The first-order chi connectivity index (χ1) is 8.90. The zero-order valence-electron chi connectivity index (χ0n) is 10.0. The lowest BCUT2D eigenvalue weighted by Gasteiger charge is -2.10. The molecule has 0 bridgehead atoms. The molecule has 2 rings (SSSR count). The van der Waals surface area contributed by atoms with Crippen molar-refractivity contribution in [3.8, 4) is 0 Å². The molecule has 0 unspecified atom stereocenters. The number of aromatic carboxylic acids is 1. The van der Waals surface area contributed by atoms with E-state index < -0.39 is 5.97 Å². The van der Waals surface area contributed by atoms with E-state index >= 15 is 0 Å². The van der Waals surface area contributed by atoms with Crippen LogP contribution in [0.15, 0.2) is 33.5 Å². The average Bonchev–Trinajstić information content (AvgIpc) is 2.31. The Bertz CT molecular complexity index is 748. The highest BCUT2D eigenvalue weighted by atomic mass is 79.9. The highest BCUT2D eigenvalue weighted by Gasteiger charge is 2.12. The minimum absolute atomic E-state index is 0.0405. The molecule has 98 valence electrons. The summed E-state index contributed by atoms with van der Waals surface area (Å²) in [5.74, 6) is -1.20. The topological polar surface area (TPSA) is 76.4 Å². The Morgan fingerprint density at radius 2 is 2.00 bits per heavy atom. The highest BCUT2D eigenvalue weighted by Crippen LogP contribution is 2.25. The largest absolute Gasteiger partial charge is 0.478 e. The number of fused-ring (bicyclic) bond motifs is 1. The van der Waals surface area contributed by atoms with Crippen LogP contribution >= 0.6 is 15.9 Å². The van der Waals surface area contributed by atoms with Crippen molar-refractivity contribution in [3.05, 3.63) is 44.7 Å². The van der Waals surface area contributed by atoms with Gasteiger partial charge in [0.25, 0.3) is 5.56 Å². The summed E-state index contributed by atoms with van der Waals surface area (Å²) in [6, 6.07) is 5.76. The number of nitrogens with zero attached hydrogens (tertiary/aromatic N) is 1. The normalized spacial score (nSPS) is 10.6. The van der Waals surface area contributed by atoms with Crippen molar-refractivity contribution in [2.45, 2.75) is 13.5 Å². The van der Waals surface area contributed by atoms with Crippen LogP contribution in [0.2, 0.25) is 0 Å². The van der Waals surface area contributed by atoms with E-state index in [0.29, 0.717) is 15.4 Å². The van der Waals surface area contributed by atoms with Crippen molar-refractivity contribution in [1.29, 1.82) is 0 Å². The molecule has 0 radical (unpaired) electrons. The molecule has 6 heteroatoms. The van der Waals surface area contributed by atoms with Crippen molar-refractivity contribution in [2.24, 2.45) is 0 Å². The molecule has 1 N–H and O–H groups in total. The molecule has 19 heavy (non-hydrogen) atoms. The predicted octanol–water partition coefficient (Wildman–Crippen LogP) is 2.05. The first-order valence-electron chi connectivity index (χ1n) is 5.46. The summed E-state index contributed by atoms with van der Waals surface area (Å²) in [5.41, 5.74) is 0.339. The van der Waals surface area contributed by atoms with Crippen LogP contribution in [0.3, 0.4) is 0 Å². The lowest BCUT2D eigenvalue weighted by molar-refractivity contribution is -0.117. The van der Waals surface area contributed by atoms with Crippen LogP contribution in [-0.4, -0.2) is 21.4 Å². The van der Waals surface area contributed by atoms with Gasteiger partial charge >= 0.3 is 5.97 Å². The van der Waals surface area contributed by atoms with Gasteiger partial charge in [0.1, 0.15) is 5.78 Å². The Morgan fingerprint density at radius 1 is 1.32 bits per heavy atom. The van der Waals surface area contributed by atoms with Gasteiger partial charge < -0.3 is 5.11 Å². The fourth-order valence-electron chi connectivity index (χ4n) is 1.90. The summed E-state index contributed by atoms with van der Waals surface area (Å²) >= 11 is 3.26. The Labute approximate surface area is 116 Å². The summed E-state index contributed by atoms with van der Waals surface area (Å²) in [6.45, 7) is 1.35.